The van der Waals surface area contributed by atoms with E-state index in [0.29, 0.717) is 72.6 Å². The first-order valence-electron chi connectivity index (χ1n) is 18.5. The number of pyridine rings is 2. The third-order valence-corrected chi connectivity index (χ3v) is 9.08. The minimum atomic E-state index is -4.65. The Morgan fingerprint density at radius 2 is 1.15 bits per heavy atom. The number of aromatic nitrogens is 10. The molecule has 0 aromatic carbocycles. The number of nitrogens with two attached hydrogens (primary N) is 1. The molecular weight excluding hydrogens is 818 g/mol. The molecule has 23 heteroatoms. The number of amides is 1. The van der Waals surface area contributed by atoms with Gasteiger partial charge in [-0.05, 0) is 86.3 Å². The van der Waals surface area contributed by atoms with Crippen LogP contribution in [-0.2, 0) is 31.4 Å². The quantitative estimate of drug-likeness (QED) is 0.158. The van der Waals surface area contributed by atoms with Gasteiger partial charge < -0.3 is 25.6 Å². The van der Waals surface area contributed by atoms with Crippen LogP contribution in [0.1, 0.15) is 37.1 Å². The van der Waals surface area contributed by atoms with E-state index in [2.05, 4.69) is 45.9 Å². The van der Waals surface area contributed by atoms with Crippen molar-refractivity contribution in [2.75, 3.05) is 37.5 Å². The maximum atomic E-state index is 13.5. The van der Waals surface area contributed by atoms with Crippen LogP contribution < -0.4 is 11.1 Å². The fourth-order valence-electron chi connectivity index (χ4n) is 5.91. The van der Waals surface area contributed by atoms with Gasteiger partial charge in [0.25, 0.3) is 0 Å². The van der Waals surface area contributed by atoms with Gasteiger partial charge in [-0.15, -0.1) is 20.4 Å². The smallest absolute Gasteiger partial charge is 0.433 e. The van der Waals surface area contributed by atoms with Crippen LogP contribution >= 0.6 is 0 Å². The van der Waals surface area contributed by atoms with E-state index in [0.717, 1.165) is 12.1 Å². The van der Waals surface area contributed by atoms with Gasteiger partial charge in [-0.3, -0.25) is 19.6 Å². The Kier molecular flexibility index (Phi) is 13.9. The number of carbonyl (C=O) groups excluding carboxylic acids is 1. The first-order valence-corrected chi connectivity index (χ1v) is 18.5. The van der Waals surface area contributed by atoms with Crippen LogP contribution in [0.4, 0.5) is 38.0 Å². The van der Waals surface area contributed by atoms with Crippen molar-refractivity contribution in [3.63, 3.8) is 0 Å². The largest absolute Gasteiger partial charge is 0.481 e. The van der Waals surface area contributed by atoms with Crippen molar-refractivity contribution in [3.05, 3.63) is 96.8 Å². The number of ether oxygens (including phenoxy) is 2. The van der Waals surface area contributed by atoms with Gasteiger partial charge in [-0.1, -0.05) is 0 Å². The van der Waals surface area contributed by atoms with E-state index in [1.165, 1.54) is 49.1 Å². The van der Waals surface area contributed by atoms with E-state index >= 15 is 0 Å². The summed E-state index contributed by atoms with van der Waals surface area (Å²) in [5.74, 6) is -1.17. The van der Waals surface area contributed by atoms with Crippen LogP contribution in [0.25, 0.3) is 34.2 Å². The molecule has 2 aliphatic rings. The number of hydrogen-bond acceptors (Lipinski definition) is 13. The summed E-state index contributed by atoms with van der Waals surface area (Å²) >= 11 is 0. The van der Waals surface area contributed by atoms with E-state index in [4.69, 9.17) is 20.3 Å². The standard InChI is InChI=1S/C19H17F3N6O2.C13H9F3N6.C6H10O3/c20-19(21,22)15-10-14(13-2-1-7-23-11-13)27-28(15)17-4-3-16(25-26-17)24-18(29)12-5-8-30-9-6-12;14-13(15,16)10-6-9(8-2-1-5-18-7-8)21-22(10)12-4-3-11(17)19-20-12;7-6(8)5-1-3-9-4-2-5/h1-4,7,10-12H,5-6,8-9H2,(H,24,25,29);1-7H,(H2,17,19);5H,1-4H2,(H,7,8). The summed E-state index contributed by atoms with van der Waals surface area (Å²) in [7, 11) is 0. The molecule has 320 valence electrons. The van der Waals surface area contributed by atoms with Gasteiger partial charge in [0, 0.05) is 68.3 Å². The molecular formula is C38H36F6N12O5. The zero-order valence-electron chi connectivity index (χ0n) is 31.8. The van der Waals surface area contributed by atoms with E-state index in [1.807, 2.05) is 0 Å². The molecule has 0 saturated carbocycles. The lowest BCUT2D eigenvalue weighted by Crippen LogP contribution is -2.29. The molecule has 0 bridgehead atoms. The fourth-order valence-corrected chi connectivity index (χ4v) is 5.91. The minimum Gasteiger partial charge on any atom is -0.481 e. The number of hydrogen-bond donors (Lipinski definition) is 3. The third kappa shape index (κ3) is 11.7. The monoisotopic (exact) mass is 854 g/mol. The molecule has 17 nitrogen and oxygen atoms in total. The fraction of sp³-hybridized carbons (Fsp3) is 0.316. The van der Waals surface area contributed by atoms with Gasteiger partial charge in [-0.25, -0.2) is 9.36 Å². The number of carbonyl (C=O) groups is 2. The molecule has 0 radical (unpaired) electrons. The number of carboxylic acids is 1. The van der Waals surface area contributed by atoms with Gasteiger partial charge in [-0.2, -0.15) is 36.5 Å². The first kappa shape index (κ1) is 43.7. The van der Waals surface area contributed by atoms with E-state index in [9.17, 15) is 35.9 Å². The number of nitrogen functional groups attached to an aromatic ring is 1. The maximum Gasteiger partial charge on any atom is 0.433 e. The highest BCUT2D eigenvalue weighted by Crippen LogP contribution is 2.35. The van der Waals surface area contributed by atoms with Crippen LogP contribution in [0.15, 0.2) is 85.5 Å². The van der Waals surface area contributed by atoms with Crippen LogP contribution in [0.5, 0.6) is 0 Å². The molecule has 0 aliphatic carbocycles. The van der Waals surface area contributed by atoms with E-state index < -0.39 is 29.7 Å². The van der Waals surface area contributed by atoms with Gasteiger partial charge in [0.2, 0.25) is 5.91 Å². The summed E-state index contributed by atoms with van der Waals surface area (Å²) in [6, 6.07) is 13.7. The molecule has 8 rings (SSSR count). The molecule has 61 heavy (non-hydrogen) atoms. The third-order valence-electron chi connectivity index (χ3n) is 9.08. The van der Waals surface area contributed by atoms with Crippen LogP contribution in [0, 0.1) is 11.8 Å². The van der Waals surface area contributed by atoms with Crippen molar-refractivity contribution in [2.45, 2.75) is 38.0 Å². The number of carboxylic acid groups (broad SMARTS) is 1. The number of alkyl halides is 6. The predicted molar refractivity (Wildman–Crippen MR) is 203 cm³/mol. The van der Waals surface area contributed by atoms with Crippen molar-refractivity contribution >= 4 is 23.5 Å². The zero-order chi connectivity index (χ0) is 43.6. The lowest BCUT2D eigenvalue weighted by molar-refractivity contribution is -0.145. The number of aliphatic carboxylic acids is 1. The van der Waals surface area contributed by atoms with Crippen molar-refractivity contribution in [2.24, 2.45) is 11.8 Å². The number of anilines is 2. The minimum absolute atomic E-state index is 0.0725. The van der Waals surface area contributed by atoms with E-state index in [-0.39, 0.29) is 52.4 Å². The second-order valence-electron chi connectivity index (χ2n) is 13.3. The van der Waals surface area contributed by atoms with Crippen molar-refractivity contribution < 1.29 is 50.5 Å². The van der Waals surface area contributed by atoms with Crippen LogP contribution in [0.2, 0.25) is 0 Å². The summed E-state index contributed by atoms with van der Waals surface area (Å²) in [4.78, 5) is 30.3. The Balaban J connectivity index is 0.000000175. The molecule has 2 saturated heterocycles. The molecule has 0 atom stereocenters. The Labute approximate surface area is 342 Å². The second-order valence-corrected chi connectivity index (χ2v) is 13.3. The topological polar surface area (TPSA) is 224 Å². The normalized spacial score (nSPS) is 14.9. The average Bonchev–Trinajstić information content (AvgIpc) is 3.94. The molecule has 0 unspecified atom stereocenters. The van der Waals surface area contributed by atoms with Gasteiger partial charge in [0.15, 0.2) is 28.8 Å². The lowest BCUT2D eigenvalue weighted by atomic mass is 9.99. The summed E-state index contributed by atoms with van der Waals surface area (Å²) in [5, 5.41) is 34.0. The zero-order valence-corrected chi connectivity index (χ0v) is 31.8. The molecule has 0 spiro atoms. The van der Waals surface area contributed by atoms with Crippen molar-refractivity contribution in [1.29, 1.82) is 0 Å². The highest BCUT2D eigenvalue weighted by atomic mass is 19.4. The Morgan fingerprint density at radius 1 is 0.672 bits per heavy atom. The predicted octanol–water partition coefficient (Wildman–Crippen LogP) is 5.93. The molecule has 6 aromatic rings. The van der Waals surface area contributed by atoms with Gasteiger partial charge in [0.05, 0.1) is 17.3 Å². The average molecular weight is 855 g/mol. The van der Waals surface area contributed by atoms with Crippen molar-refractivity contribution in [1.82, 2.24) is 49.9 Å². The van der Waals surface area contributed by atoms with Crippen LogP contribution in [0.3, 0.4) is 0 Å². The van der Waals surface area contributed by atoms with Gasteiger partial charge >= 0.3 is 18.3 Å². The number of nitrogens with zero attached hydrogens (tertiary/aromatic N) is 10. The molecule has 2 aliphatic heterocycles. The number of nitrogens with one attached hydrogen (secondary N) is 1. The highest BCUT2D eigenvalue weighted by molar-refractivity contribution is 5.91. The Hall–Kier alpha value is -6.88. The Bertz CT molecular complexity index is 2350. The summed E-state index contributed by atoms with van der Waals surface area (Å²) in [5.41, 5.74) is 4.60. The molecule has 2 fully saturated rings. The first-order chi connectivity index (χ1) is 29.2. The highest BCUT2D eigenvalue weighted by Gasteiger charge is 2.38. The SMILES string of the molecule is Nc1ccc(-n2nc(-c3cccnc3)cc2C(F)(F)F)nn1.O=C(Nc1ccc(-n2nc(-c3cccnc3)cc2C(F)(F)F)nn1)C1CCOCC1.O=C(O)C1CCOCC1. The maximum absolute atomic E-state index is 13.5. The molecule has 8 heterocycles. The number of halogens is 6. The lowest BCUT2D eigenvalue weighted by Gasteiger charge is -2.20. The van der Waals surface area contributed by atoms with Gasteiger partial charge in [0.1, 0.15) is 5.82 Å². The van der Waals surface area contributed by atoms with Crippen molar-refractivity contribution in [3.8, 4) is 34.2 Å². The number of rotatable bonds is 7. The summed E-state index contributed by atoms with van der Waals surface area (Å²) in [6.45, 7) is 2.25. The second kappa shape index (κ2) is 19.5. The summed E-state index contributed by atoms with van der Waals surface area (Å²) in [6.07, 6.45) is -0.769. The molecule has 6 aromatic heterocycles. The summed E-state index contributed by atoms with van der Waals surface area (Å²) < 4.78 is 91.7. The molecule has 1 amide bonds. The van der Waals surface area contributed by atoms with Crippen LogP contribution in [-0.4, -0.2) is 93.3 Å². The van der Waals surface area contributed by atoms with E-state index in [1.54, 1.807) is 24.3 Å². The Morgan fingerprint density at radius 3 is 1.52 bits per heavy atom. The molecule has 4 N–H and O–H groups in total.